The van der Waals surface area contributed by atoms with Gasteiger partial charge in [0.25, 0.3) is 0 Å². The minimum atomic E-state index is -0.439. The average molecular weight is 424 g/mol. The van der Waals surface area contributed by atoms with Crippen molar-refractivity contribution in [1.29, 1.82) is 0 Å². The Morgan fingerprint density at radius 1 is 0.968 bits per heavy atom. The number of carbonyl (C=O) groups excluding carboxylic acids is 1. The highest BCUT2D eigenvalue weighted by molar-refractivity contribution is 6.10. The second kappa shape index (κ2) is 10.9. The lowest BCUT2D eigenvalue weighted by Crippen LogP contribution is -2.04. The molecular weight excluding hydrogens is 396 g/mol. The van der Waals surface area contributed by atoms with E-state index < -0.39 is 5.78 Å². The molecule has 0 aliphatic rings. The third-order valence-electron chi connectivity index (χ3n) is 4.09. The van der Waals surface area contributed by atoms with Gasteiger partial charge in [0, 0.05) is 12.1 Å². The molecule has 0 aromatic heterocycles. The Labute approximate surface area is 182 Å². The van der Waals surface area contributed by atoms with Crippen LogP contribution in [0.1, 0.15) is 43.6 Å². The molecule has 2 aromatic carbocycles. The number of hydrogen-bond acceptors (Lipinski definition) is 6. The molecule has 0 saturated carbocycles. The van der Waals surface area contributed by atoms with Crippen molar-refractivity contribution in [3.8, 4) is 28.7 Å². The number of phenolic OH excluding ortho intramolecular Hbond substituents is 2. The predicted molar refractivity (Wildman–Crippen MR) is 121 cm³/mol. The normalized spacial score (nSPS) is 10.5. The number of phenols is 2. The van der Waals surface area contributed by atoms with Crippen LogP contribution in [-0.4, -0.2) is 29.7 Å². The first-order chi connectivity index (χ1) is 14.7. The molecule has 0 saturated heterocycles. The van der Waals surface area contributed by atoms with E-state index in [1.54, 1.807) is 30.5 Å². The van der Waals surface area contributed by atoms with Gasteiger partial charge in [-0.15, -0.1) is 0 Å². The fourth-order valence-electron chi connectivity index (χ4n) is 2.54. The zero-order valence-corrected chi connectivity index (χ0v) is 18.4. The Bertz CT molecular complexity index is 1020. The van der Waals surface area contributed by atoms with Gasteiger partial charge in [-0.1, -0.05) is 17.7 Å². The lowest BCUT2D eigenvalue weighted by molar-refractivity contribution is 0.104. The van der Waals surface area contributed by atoms with Crippen molar-refractivity contribution in [2.75, 3.05) is 13.7 Å². The fraction of sp³-hybridized carbons (Fsp3) is 0.240. The van der Waals surface area contributed by atoms with E-state index in [4.69, 9.17) is 14.2 Å². The van der Waals surface area contributed by atoms with Crippen LogP contribution >= 0.6 is 0 Å². The van der Waals surface area contributed by atoms with Crippen molar-refractivity contribution in [3.63, 3.8) is 0 Å². The maximum absolute atomic E-state index is 12.9. The summed E-state index contributed by atoms with van der Waals surface area (Å²) in [6.07, 6.45) is 6.31. The molecule has 2 aromatic rings. The third kappa shape index (κ3) is 6.96. The number of rotatable bonds is 9. The maximum Gasteiger partial charge on any atom is 0.193 e. The molecule has 0 fully saturated rings. The molecule has 0 bridgehead atoms. The summed E-state index contributed by atoms with van der Waals surface area (Å²) in [4.78, 5) is 12.9. The first-order valence-corrected chi connectivity index (χ1v) is 9.74. The summed E-state index contributed by atoms with van der Waals surface area (Å²) >= 11 is 0. The molecule has 0 aliphatic carbocycles. The molecule has 31 heavy (non-hydrogen) atoms. The van der Waals surface area contributed by atoms with E-state index in [1.165, 1.54) is 25.3 Å². The molecule has 0 unspecified atom stereocenters. The van der Waals surface area contributed by atoms with Gasteiger partial charge in [-0.3, -0.25) is 4.79 Å². The summed E-state index contributed by atoms with van der Waals surface area (Å²) in [5.74, 6) is 0.187. The first kappa shape index (κ1) is 23.6. The molecule has 0 atom stereocenters. The molecule has 0 radical (unpaired) electrons. The van der Waals surface area contributed by atoms with E-state index in [9.17, 15) is 15.0 Å². The molecule has 0 heterocycles. The predicted octanol–water partition coefficient (Wildman–Crippen LogP) is 5.65. The van der Waals surface area contributed by atoms with Gasteiger partial charge in [0.15, 0.2) is 17.3 Å². The van der Waals surface area contributed by atoms with E-state index in [0.29, 0.717) is 17.1 Å². The number of allylic oxidation sites excluding steroid dienone is 3. The molecule has 0 amide bonds. The van der Waals surface area contributed by atoms with Crippen LogP contribution in [0.25, 0.3) is 6.08 Å². The van der Waals surface area contributed by atoms with E-state index in [-0.39, 0.29) is 29.4 Å². The lowest BCUT2D eigenvalue weighted by atomic mass is 10.1. The van der Waals surface area contributed by atoms with E-state index in [1.807, 2.05) is 33.8 Å². The number of hydrogen-bond donors (Lipinski definition) is 2. The van der Waals surface area contributed by atoms with E-state index in [2.05, 4.69) is 0 Å². The summed E-state index contributed by atoms with van der Waals surface area (Å²) in [6.45, 7) is 7.89. The Morgan fingerprint density at radius 2 is 1.71 bits per heavy atom. The van der Waals surface area contributed by atoms with Gasteiger partial charge in [-0.05, 0) is 63.1 Å². The number of carbonyl (C=O) groups is 1. The van der Waals surface area contributed by atoms with Crippen LogP contribution in [0.5, 0.6) is 28.7 Å². The van der Waals surface area contributed by atoms with Gasteiger partial charge in [0.1, 0.15) is 29.4 Å². The van der Waals surface area contributed by atoms with Crippen molar-refractivity contribution in [2.24, 2.45) is 0 Å². The molecule has 164 valence electrons. The molecule has 2 rings (SSSR count). The van der Waals surface area contributed by atoms with Crippen LogP contribution < -0.4 is 14.2 Å². The standard InChI is InChI=1S/C25H28O6/c1-16(2)10-11-30-24-14-19(31-15-17(3)4)13-22(28)25(24)21(27)9-7-18-6-8-20(26)23(12-18)29-5/h6-10,12-15,26,28H,11H2,1-5H3/b9-7+. The quantitative estimate of drug-likeness (QED) is 0.234. The highest BCUT2D eigenvalue weighted by Gasteiger charge is 2.18. The maximum atomic E-state index is 12.9. The summed E-state index contributed by atoms with van der Waals surface area (Å²) in [5, 5.41) is 20.2. The lowest BCUT2D eigenvalue weighted by Gasteiger charge is -2.13. The molecule has 0 spiro atoms. The zero-order valence-electron chi connectivity index (χ0n) is 18.4. The summed E-state index contributed by atoms with van der Waals surface area (Å²) in [7, 11) is 1.45. The largest absolute Gasteiger partial charge is 0.507 e. The second-order valence-electron chi connectivity index (χ2n) is 7.35. The van der Waals surface area contributed by atoms with E-state index in [0.717, 1.165) is 11.1 Å². The highest BCUT2D eigenvalue weighted by atomic mass is 16.5. The number of ether oxygens (including phenoxy) is 3. The number of aromatic hydroxyl groups is 2. The van der Waals surface area contributed by atoms with Crippen LogP contribution in [0.4, 0.5) is 0 Å². The van der Waals surface area contributed by atoms with Crippen molar-refractivity contribution in [1.82, 2.24) is 0 Å². The SMILES string of the molecule is COc1cc(/C=C/C(=O)c2c(O)cc(OC=C(C)C)cc2OCC=C(C)C)ccc1O. The molecule has 6 nitrogen and oxygen atoms in total. The molecule has 0 aliphatic heterocycles. The fourth-order valence-corrected chi connectivity index (χ4v) is 2.54. The smallest absolute Gasteiger partial charge is 0.193 e. The summed E-state index contributed by atoms with van der Waals surface area (Å²) in [5.41, 5.74) is 2.70. The van der Waals surface area contributed by atoms with Crippen LogP contribution in [0.15, 0.2) is 59.9 Å². The van der Waals surface area contributed by atoms with Crippen molar-refractivity contribution < 1.29 is 29.2 Å². The van der Waals surface area contributed by atoms with E-state index >= 15 is 0 Å². The van der Waals surface area contributed by atoms with Gasteiger partial charge in [-0.25, -0.2) is 0 Å². The Balaban J connectivity index is 2.38. The Hall–Kier alpha value is -3.67. The minimum absolute atomic E-state index is 0.00512. The first-order valence-electron chi connectivity index (χ1n) is 9.74. The van der Waals surface area contributed by atoms with Gasteiger partial charge in [0.05, 0.1) is 13.4 Å². The Kier molecular flexibility index (Phi) is 8.32. The zero-order chi connectivity index (χ0) is 23.0. The Morgan fingerprint density at radius 3 is 2.35 bits per heavy atom. The topological polar surface area (TPSA) is 85.2 Å². The van der Waals surface area contributed by atoms with Crippen LogP contribution in [0.3, 0.4) is 0 Å². The molecular formula is C25H28O6. The van der Waals surface area contributed by atoms with Crippen molar-refractivity contribution in [2.45, 2.75) is 27.7 Å². The summed E-state index contributed by atoms with van der Waals surface area (Å²) in [6, 6.07) is 7.66. The monoisotopic (exact) mass is 424 g/mol. The van der Waals surface area contributed by atoms with Crippen molar-refractivity contribution in [3.05, 3.63) is 71.0 Å². The van der Waals surface area contributed by atoms with Crippen LogP contribution in [0, 0.1) is 0 Å². The number of ketones is 1. The van der Waals surface area contributed by atoms with Gasteiger partial charge in [-0.2, -0.15) is 0 Å². The van der Waals surface area contributed by atoms with Crippen LogP contribution in [0.2, 0.25) is 0 Å². The van der Waals surface area contributed by atoms with Gasteiger partial charge >= 0.3 is 0 Å². The number of methoxy groups -OCH3 is 1. The summed E-state index contributed by atoms with van der Waals surface area (Å²) < 4.78 is 16.4. The van der Waals surface area contributed by atoms with Gasteiger partial charge < -0.3 is 24.4 Å². The minimum Gasteiger partial charge on any atom is -0.507 e. The number of benzene rings is 2. The highest BCUT2D eigenvalue weighted by Crippen LogP contribution is 2.35. The van der Waals surface area contributed by atoms with Crippen molar-refractivity contribution >= 4 is 11.9 Å². The molecule has 2 N–H and O–H groups in total. The second-order valence-corrected chi connectivity index (χ2v) is 7.35. The van der Waals surface area contributed by atoms with Gasteiger partial charge in [0.2, 0.25) is 0 Å². The average Bonchev–Trinajstić information content (AvgIpc) is 2.71. The molecule has 6 heteroatoms. The van der Waals surface area contributed by atoms with Crippen LogP contribution in [-0.2, 0) is 0 Å². The third-order valence-corrected chi connectivity index (χ3v) is 4.09.